The van der Waals surface area contributed by atoms with E-state index < -0.39 is 11.9 Å². The summed E-state index contributed by atoms with van der Waals surface area (Å²) in [5, 5.41) is 16.2. The van der Waals surface area contributed by atoms with Crippen molar-refractivity contribution in [1.29, 1.82) is 0 Å². The van der Waals surface area contributed by atoms with E-state index in [1.165, 1.54) is 17.0 Å². The van der Waals surface area contributed by atoms with Crippen molar-refractivity contribution in [2.24, 2.45) is 5.41 Å². The second-order valence-electron chi connectivity index (χ2n) is 8.80. The molecule has 0 aliphatic carbocycles. The predicted molar refractivity (Wildman–Crippen MR) is 131 cm³/mol. The van der Waals surface area contributed by atoms with Gasteiger partial charge in [0, 0.05) is 35.6 Å². The number of amides is 3. The van der Waals surface area contributed by atoms with Gasteiger partial charge in [0.15, 0.2) is 0 Å². The standard InChI is InChI=1S/C22H29ClN8O2/c1-22(2,13-30(3)4)12-26-18(11-25-16-7-5-6-15(23)9-16)31-19(24)14(10-27-31)8-17-20(32)29-21(33)28-17/h5-11,25-26H,12-13,24H2,1-4H3,(H2,28,29,32,33)/b17-8-,18-11-. The Labute approximate surface area is 197 Å². The molecule has 0 radical (unpaired) electrons. The number of hydrogen-bond acceptors (Lipinski definition) is 7. The minimum atomic E-state index is -0.576. The Bertz CT molecular complexity index is 1100. The van der Waals surface area contributed by atoms with Gasteiger partial charge < -0.3 is 26.6 Å². The fourth-order valence-corrected chi connectivity index (χ4v) is 3.66. The van der Waals surface area contributed by atoms with Gasteiger partial charge in [-0.1, -0.05) is 31.5 Å². The van der Waals surface area contributed by atoms with Crippen LogP contribution in [0.5, 0.6) is 0 Å². The highest BCUT2D eigenvalue weighted by molar-refractivity contribution is 6.30. The van der Waals surface area contributed by atoms with Crippen molar-refractivity contribution < 1.29 is 9.59 Å². The van der Waals surface area contributed by atoms with E-state index in [2.05, 4.69) is 45.1 Å². The van der Waals surface area contributed by atoms with Crippen LogP contribution in [0, 0.1) is 5.41 Å². The van der Waals surface area contributed by atoms with Gasteiger partial charge in [-0.05, 0) is 43.8 Å². The third-order valence-corrected chi connectivity index (χ3v) is 5.01. The maximum atomic E-state index is 11.8. The molecule has 0 saturated carbocycles. The normalized spacial score (nSPS) is 15.7. The molecule has 3 rings (SSSR count). The van der Waals surface area contributed by atoms with Crippen molar-refractivity contribution in [3.05, 3.63) is 52.9 Å². The zero-order valence-electron chi connectivity index (χ0n) is 19.1. The van der Waals surface area contributed by atoms with Gasteiger partial charge in [0.2, 0.25) is 0 Å². The van der Waals surface area contributed by atoms with Gasteiger partial charge in [0.25, 0.3) is 5.91 Å². The van der Waals surface area contributed by atoms with Gasteiger partial charge in [0.05, 0.1) is 6.20 Å². The van der Waals surface area contributed by atoms with Crippen LogP contribution in [0.4, 0.5) is 16.3 Å². The topological polar surface area (TPSA) is 129 Å². The number of rotatable bonds is 9. The number of imide groups is 1. The third kappa shape index (κ3) is 6.50. The lowest BCUT2D eigenvalue weighted by molar-refractivity contribution is -0.115. The average Bonchev–Trinajstić information content (AvgIpc) is 3.22. The summed E-state index contributed by atoms with van der Waals surface area (Å²) in [5.74, 6) is 0.381. The highest BCUT2D eigenvalue weighted by Gasteiger charge is 2.24. The number of carbonyl (C=O) groups excluding carboxylic acids is 2. The first-order valence-electron chi connectivity index (χ1n) is 10.3. The van der Waals surface area contributed by atoms with Crippen LogP contribution in [0.15, 0.2) is 42.4 Å². The molecule has 2 heterocycles. The first kappa shape index (κ1) is 24.1. The van der Waals surface area contributed by atoms with Crippen LogP contribution in [-0.2, 0) is 4.79 Å². The average molecular weight is 473 g/mol. The number of nitrogens with one attached hydrogen (secondary N) is 4. The highest BCUT2D eigenvalue weighted by atomic mass is 35.5. The van der Waals surface area contributed by atoms with Crippen molar-refractivity contribution in [3.63, 3.8) is 0 Å². The monoisotopic (exact) mass is 472 g/mol. The summed E-state index contributed by atoms with van der Waals surface area (Å²) in [4.78, 5) is 25.4. The maximum Gasteiger partial charge on any atom is 0.326 e. The molecule has 1 aliphatic heterocycles. The Balaban J connectivity index is 1.89. The van der Waals surface area contributed by atoms with Gasteiger partial charge in [-0.15, -0.1) is 0 Å². The lowest BCUT2D eigenvalue weighted by Gasteiger charge is -2.29. The predicted octanol–water partition coefficient (Wildman–Crippen LogP) is 2.34. The van der Waals surface area contributed by atoms with Crippen molar-refractivity contribution in [1.82, 2.24) is 30.6 Å². The largest absolute Gasteiger partial charge is 0.383 e. The number of halogens is 1. The molecular formula is C22H29ClN8O2. The zero-order chi connectivity index (χ0) is 24.2. The summed E-state index contributed by atoms with van der Waals surface area (Å²) in [6, 6.07) is 6.75. The van der Waals surface area contributed by atoms with Crippen molar-refractivity contribution >= 4 is 46.9 Å². The number of anilines is 2. The first-order chi connectivity index (χ1) is 15.5. The molecule has 1 aliphatic rings. The van der Waals surface area contributed by atoms with Gasteiger partial charge in [0.1, 0.15) is 17.3 Å². The van der Waals surface area contributed by atoms with Gasteiger partial charge in [-0.3, -0.25) is 10.1 Å². The molecule has 0 bridgehead atoms. The van der Waals surface area contributed by atoms with Crippen molar-refractivity contribution in [2.45, 2.75) is 13.8 Å². The number of nitrogens with two attached hydrogens (primary N) is 1. The summed E-state index contributed by atoms with van der Waals surface area (Å²) in [6.07, 6.45) is 4.76. The van der Waals surface area contributed by atoms with Crippen LogP contribution >= 0.6 is 11.6 Å². The van der Waals surface area contributed by atoms with Crippen LogP contribution in [-0.4, -0.2) is 53.8 Å². The van der Waals surface area contributed by atoms with Gasteiger partial charge >= 0.3 is 6.03 Å². The van der Waals surface area contributed by atoms with Crippen LogP contribution < -0.4 is 27.0 Å². The maximum absolute atomic E-state index is 11.8. The summed E-state index contributed by atoms with van der Waals surface area (Å²) in [5.41, 5.74) is 7.70. The fourth-order valence-electron chi connectivity index (χ4n) is 3.47. The van der Waals surface area contributed by atoms with Crippen molar-refractivity contribution in [3.8, 4) is 0 Å². The second kappa shape index (κ2) is 9.97. The summed E-state index contributed by atoms with van der Waals surface area (Å²) in [7, 11) is 4.06. The fraction of sp³-hybridized carbons (Fsp3) is 0.318. The zero-order valence-corrected chi connectivity index (χ0v) is 19.8. The molecule has 1 fully saturated rings. The minimum absolute atomic E-state index is 0.0441. The van der Waals surface area contributed by atoms with E-state index in [-0.39, 0.29) is 11.1 Å². The molecule has 3 amide bonds. The molecular weight excluding hydrogens is 444 g/mol. The molecule has 176 valence electrons. The second-order valence-corrected chi connectivity index (χ2v) is 9.24. The number of aromatic nitrogens is 2. The summed E-state index contributed by atoms with van der Waals surface area (Å²) in [6.45, 7) is 5.83. The van der Waals surface area contributed by atoms with Crippen LogP contribution in [0.2, 0.25) is 5.02 Å². The number of nitrogen functional groups attached to an aromatic ring is 1. The lowest BCUT2D eigenvalue weighted by atomic mass is 9.93. The quantitative estimate of drug-likeness (QED) is 0.280. The van der Waals surface area contributed by atoms with Crippen LogP contribution in [0.3, 0.4) is 0 Å². The Hall–Kier alpha value is -3.50. The number of nitrogens with zero attached hydrogens (tertiary/aromatic N) is 3. The van der Waals surface area contributed by atoms with Crippen LogP contribution in [0.1, 0.15) is 19.4 Å². The van der Waals surface area contributed by atoms with E-state index >= 15 is 0 Å². The molecule has 6 N–H and O–H groups in total. The third-order valence-electron chi connectivity index (χ3n) is 4.78. The van der Waals surface area contributed by atoms with E-state index in [1.807, 2.05) is 26.2 Å². The molecule has 11 heteroatoms. The Morgan fingerprint density at radius 2 is 2.06 bits per heavy atom. The molecule has 1 aromatic heterocycles. The molecule has 10 nitrogen and oxygen atoms in total. The number of carbonyl (C=O) groups is 2. The molecule has 0 spiro atoms. The Morgan fingerprint density at radius 3 is 2.70 bits per heavy atom. The molecule has 0 unspecified atom stereocenters. The van der Waals surface area contributed by atoms with Crippen LogP contribution in [0.25, 0.3) is 11.9 Å². The lowest BCUT2D eigenvalue weighted by Crippen LogP contribution is -2.38. The van der Waals surface area contributed by atoms with E-state index in [1.54, 1.807) is 18.3 Å². The summed E-state index contributed by atoms with van der Waals surface area (Å²) < 4.78 is 1.53. The number of urea groups is 1. The first-order valence-corrected chi connectivity index (χ1v) is 10.7. The van der Waals surface area contributed by atoms with E-state index in [0.29, 0.717) is 28.8 Å². The van der Waals surface area contributed by atoms with Crippen molar-refractivity contribution in [2.75, 3.05) is 38.2 Å². The SMILES string of the molecule is CN(C)CC(C)(C)CN/C(=C/Nc1cccc(Cl)c1)n1ncc(/C=C2\NC(=O)NC2=O)c1N. The van der Waals surface area contributed by atoms with E-state index in [4.69, 9.17) is 17.3 Å². The minimum Gasteiger partial charge on any atom is -0.383 e. The van der Waals surface area contributed by atoms with E-state index in [9.17, 15) is 9.59 Å². The van der Waals surface area contributed by atoms with E-state index in [0.717, 1.165) is 12.2 Å². The summed E-state index contributed by atoms with van der Waals surface area (Å²) >= 11 is 6.09. The smallest absolute Gasteiger partial charge is 0.326 e. The Kier molecular flexibility index (Phi) is 7.29. The Morgan fingerprint density at radius 1 is 1.30 bits per heavy atom. The highest BCUT2D eigenvalue weighted by Crippen LogP contribution is 2.21. The molecule has 1 saturated heterocycles. The van der Waals surface area contributed by atoms with Gasteiger partial charge in [-0.25, -0.2) is 4.79 Å². The van der Waals surface area contributed by atoms with Gasteiger partial charge in [-0.2, -0.15) is 9.78 Å². The number of benzene rings is 1. The molecule has 2 aromatic rings. The molecule has 33 heavy (non-hydrogen) atoms. The molecule has 0 atom stereocenters. The molecule has 1 aromatic carbocycles. The number of hydrogen-bond donors (Lipinski definition) is 5.